The summed E-state index contributed by atoms with van der Waals surface area (Å²) in [6.45, 7) is 1.50. The number of hydrogen-bond donors (Lipinski definition) is 9. The summed E-state index contributed by atoms with van der Waals surface area (Å²) >= 11 is 0. The van der Waals surface area contributed by atoms with Crippen LogP contribution in [0.4, 0.5) is 0 Å². The summed E-state index contributed by atoms with van der Waals surface area (Å²) in [7, 11) is 0. The van der Waals surface area contributed by atoms with Crippen LogP contribution in [0.5, 0.6) is 0 Å². The SMILES string of the molecule is CC(C)CC(=O)O[C@@H]1OC=C(CO[C@@H]2O[C@H](CO[C@@H]3O[C@H](CO)[C@@H](O)[C@H](O)[C@H]3O)[C@@H](O)[C@H](O)[C@H]2O)[C@@H]2[C@@H]3O[C@@H]3[C@@](O)(CO)[C@@H]12. The van der Waals surface area contributed by atoms with Crippen LogP contribution in [0.2, 0.25) is 0 Å². The highest BCUT2D eigenvalue weighted by Gasteiger charge is 2.74. The van der Waals surface area contributed by atoms with Gasteiger partial charge >= 0.3 is 5.97 Å². The Morgan fingerprint density at radius 2 is 1.48 bits per heavy atom. The number of epoxide rings is 1. The third kappa shape index (κ3) is 6.24. The summed E-state index contributed by atoms with van der Waals surface area (Å²) in [4.78, 5) is 12.4. The first-order chi connectivity index (χ1) is 20.8. The van der Waals surface area contributed by atoms with Crippen LogP contribution >= 0.6 is 0 Å². The van der Waals surface area contributed by atoms with E-state index in [0.29, 0.717) is 5.57 Å². The van der Waals surface area contributed by atoms with Crippen LogP contribution < -0.4 is 0 Å². The van der Waals surface area contributed by atoms with Crippen LogP contribution in [0.1, 0.15) is 20.3 Å². The molecule has 0 amide bonds. The van der Waals surface area contributed by atoms with Gasteiger partial charge in [-0.3, -0.25) is 4.79 Å². The highest BCUT2D eigenvalue weighted by molar-refractivity contribution is 5.69. The molecule has 0 aromatic rings. The molecule has 0 radical (unpaired) electrons. The summed E-state index contributed by atoms with van der Waals surface area (Å²) in [5.41, 5.74) is -1.35. The smallest absolute Gasteiger partial charge is 0.309 e. The number of hydrogen-bond acceptors (Lipinski definition) is 17. The van der Waals surface area contributed by atoms with Gasteiger partial charge in [0.15, 0.2) is 12.6 Å². The van der Waals surface area contributed by atoms with Crippen molar-refractivity contribution in [2.75, 3.05) is 26.4 Å². The average molecular weight is 639 g/mol. The highest BCUT2D eigenvalue weighted by atomic mass is 16.7. The van der Waals surface area contributed by atoms with Crippen molar-refractivity contribution in [2.24, 2.45) is 17.8 Å². The Labute approximate surface area is 252 Å². The first-order valence-electron chi connectivity index (χ1n) is 14.6. The monoisotopic (exact) mass is 638 g/mol. The van der Waals surface area contributed by atoms with Gasteiger partial charge in [0.2, 0.25) is 6.29 Å². The zero-order valence-corrected chi connectivity index (χ0v) is 24.1. The minimum Gasteiger partial charge on any atom is -0.462 e. The maximum atomic E-state index is 12.4. The normalized spacial score (nSPS) is 48.3. The Hall–Kier alpha value is -1.55. The molecule has 4 aliphatic heterocycles. The first-order valence-corrected chi connectivity index (χ1v) is 14.6. The Kier molecular flexibility index (Phi) is 10.2. The van der Waals surface area contributed by atoms with Crippen molar-refractivity contribution in [1.29, 1.82) is 0 Å². The lowest BCUT2D eigenvalue weighted by atomic mass is 9.79. The molecule has 252 valence electrons. The predicted molar refractivity (Wildman–Crippen MR) is 139 cm³/mol. The second kappa shape index (κ2) is 13.3. The number of carbonyl (C=O) groups is 1. The van der Waals surface area contributed by atoms with Crippen molar-refractivity contribution in [2.45, 2.75) is 106 Å². The lowest BCUT2D eigenvalue weighted by molar-refractivity contribution is -0.330. The van der Waals surface area contributed by atoms with Crippen molar-refractivity contribution in [1.82, 2.24) is 0 Å². The zero-order valence-electron chi connectivity index (χ0n) is 24.1. The van der Waals surface area contributed by atoms with Gasteiger partial charge in [0.1, 0.15) is 60.5 Å². The van der Waals surface area contributed by atoms with Gasteiger partial charge in [-0.1, -0.05) is 13.8 Å². The van der Waals surface area contributed by atoms with Crippen LogP contribution in [0.25, 0.3) is 0 Å². The van der Waals surface area contributed by atoms with E-state index in [-0.39, 0.29) is 18.9 Å². The third-order valence-corrected chi connectivity index (χ3v) is 8.84. The lowest BCUT2D eigenvalue weighted by Crippen LogP contribution is -2.61. The zero-order chi connectivity index (χ0) is 32.1. The molecule has 44 heavy (non-hydrogen) atoms. The Morgan fingerprint density at radius 3 is 2.09 bits per heavy atom. The number of rotatable bonds is 11. The summed E-state index contributed by atoms with van der Waals surface area (Å²) < 4.78 is 38.9. The van der Waals surface area contributed by atoms with Crippen molar-refractivity contribution in [3.63, 3.8) is 0 Å². The number of aliphatic hydroxyl groups is 9. The van der Waals surface area contributed by atoms with E-state index in [9.17, 15) is 50.8 Å². The lowest BCUT2D eigenvalue weighted by Gasteiger charge is -2.43. The second-order valence-corrected chi connectivity index (χ2v) is 12.4. The maximum Gasteiger partial charge on any atom is 0.309 e. The molecule has 16 atom stereocenters. The van der Waals surface area contributed by atoms with E-state index >= 15 is 0 Å². The van der Waals surface area contributed by atoms with Gasteiger partial charge in [0.25, 0.3) is 0 Å². The van der Waals surface area contributed by atoms with E-state index in [4.69, 9.17) is 33.2 Å². The van der Waals surface area contributed by atoms with Crippen LogP contribution in [0.15, 0.2) is 11.8 Å². The van der Waals surface area contributed by atoms with Crippen LogP contribution in [-0.2, 0) is 38.0 Å². The molecule has 5 rings (SSSR count). The molecule has 5 aliphatic rings. The first kappa shape index (κ1) is 33.8. The molecule has 4 heterocycles. The molecule has 0 spiro atoms. The number of carbonyl (C=O) groups excluding carboxylic acids is 1. The van der Waals surface area contributed by atoms with E-state index in [1.165, 1.54) is 6.26 Å². The Bertz CT molecular complexity index is 1040. The minimum atomic E-state index is -1.77. The molecule has 0 unspecified atom stereocenters. The number of fused-ring (bicyclic) bond motifs is 3. The summed E-state index contributed by atoms with van der Waals surface area (Å²) in [5, 5.41) is 92.3. The van der Waals surface area contributed by atoms with Gasteiger partial charge < -0.3 is 79.1 Å². The quantitative estimate of drug-likeness (QED) is 0.0759. The molecule has 17 heteroatoms. The van der Waals surface area contributed by atoms with Gasteiger partial charge in [0, 0.05) is 12.3 Å². The molecular weight excluding hydrogens is 596 g/mol. The summed E-state index contributed by atoms with van der Waals surface area (Å²) in [6, 6.07) is 0. The van der Waals surface area contributed by atoms with Crippen molar-refractivity contribution < 1.29 is 83.9 Å². The highest BCUT2D eigenvalue weighted by Crippen LogP contribution is 2.58. The molecular formula is C27H42O17. The fourth-order valence-electron chi connectivity index (χ4n) is 6.37. The molecule has 0 bridgehead atoms. The molecule has 1 saturated carbocycles. The number of esters is 1. The molecule has 0 aromatic heterocycles. The van der Waals surface area contributed by atoms with Gasteiger partial charge in [-0.15, -0.1) is 0 Å². The topological polar surface area (TPSA) is 267 Å². The van der Waals surface area contributed by atoms with E-state index in [1.54, 1.807) is 0 Å². The molecule has 4 fully saturated rings. The standard InChI is InChI=1S/C27H42O17/c1-9(2)3-13(30)43-24-15-14(22-23(44-22)27(15,37)8-29)10(5-38-24)6-39-25-21(36)19(34)17(32)12(42-25)7-40-26-20(35)18(33)16(31)11(4-28)41-26/h5,9,11-12,14-26,28-29,31-37H,3-4,6-8H2,1-2H3/t11-,12-,14+,15-,16-,17-,18+,19+,20-,21-,22+,23+,24+,25-,26-,27-/m1/s1. The molecule has 17 nitrogen and oxygen atoms in total. The summed E-state index contributed by atoms with van der Waals surface area (Å²) in [6.07, 6.45) is -16.9. The second-order valence-electron chi connectivity index (χ2n) is 12.4. The predicted octanol–water partition coefficient (Wildman–Crippen LogP) is -4.81. The largest absolute Gasteiger partial charge is 0.462 e. The Morgan fingerprint density at radius 1 is 0.864 bits per heavy atom. The fourth-order valence-corrected chi connectivity index (χ4v) is 6.37. The molecule has 9 N–H and O–H groups in total. The van der Waals surface area contributed by atoms with E-state index in [0.717, 1.165) is 0 Å². The number of ether oxygens (including phenoxy) is 7. The maximum absolute atomic E-state index is 12.4. The van der Waals surface area contributed by atoms with Gasteiger partial charge in [-0.25, -0.2) is 0 Å². The van der Waals surface area contributed by atoms with Crippen LogP contribution in [0.3, 0.4) is 0 Å². The number of aliphatic hydroxyl groups excluding tert-OH is 8. The van der Waals surface area contributed by atoms with Gasteiger partial charge in [-0.05, 0) is 11.5 Å². The van der Waals surface area contributed by atoms with E-state index in [1.807, 2.05) is 13.8 Å². The summed E-state index contributed by atoms with van der Waals surface area (Å²) in [5.74, 6) is -2.04. The Balaban J connectivity index is 1.24. The van der Waals surface area contributed by atoms with Gasteiger partial charge in [0.05, 0.1) is 44.7 Å². The van der Waals surface area contributed by atoms with Crippen LogP contribution in [0, 0.1) is 17.8 Å². The molecule has 3 saturated heterocycles. The van der Waals surface area contributed by atoms with Crippen molar-refractivity contribution in [3.8, 4) is 0 Å². The van der Waals surface area contributed by atoms with E-state index < -0.39 is 123 Å². The van der Waals surface area contributed by atoms with Crippen molar-refractivity contribution >= 4 is 5.97 Å². The molecule has 0 aromatic carbocycles. The average Bonchev–Trinajstić information content (AvgIpc) is 3.75. The van der Waals surface area contributed by atoms with Gasteiger partial charge in [-0.2, -0.15) is 0 Å². The van der Waals surface area contributed by atoms with E-state index in [2.05, 4.69) is 0 Å². The van der Waals surface area contributed by atoms with Crippen molar-refractivity contribution in [3.05, 3.63) is 11.8 Å². The minimum absolute atomic E-state index is 0.0145. The fraction of sp³-hybridized carbons (Fsp3) is 0.889. The molecule has 1 aliphatic carbocycles. The third-order valence-electron chi connectivity index (χ3n) is 8.84. The van der Waals surface area contributed by atoms with Crippen LogP contribution in [-0.4, -0.2) is 164 Å².